The first-order valence-electron chi connectivity index (χ1n) is 11.2. The van der Waals surface area contributed by atoms with Gasteiger partial charge in [0.25, 0.3) is 0 Å². The Kier molecular flexibility index (Phi) is 6.91. The summed E-state index contributed by atoms with van der Waals surface area (Å²) in [7, 11) is 1.74. The Hall–Kier alpha value is -3.52. The molecule has 0 amide bonds. The van der Waals surface area contributed by atoms with Crippen LogP contribution >= 0.6 is 0 Å². The molecule has 0 N–H and O–H groups in total. The highest BCUT2D eigenvalue weighted by Gasteiger charge is 2.15. The lowest BCUT2D eigenvalue weighted by atomic mass is 9.94. The summed E-state index contributed by atoms with van der Waals surface area (Å²) in [6, 6.07) is 33.6. The molecule has 0 fully saturated rings. The van der Waals surface area contributed by atoms with Gasteiger partial charge in [-0.3, -0.25) is 0 Å². The molecular weight excluding hydrogens is 392 g/mol. The third kappa shape index (κ3) is 4.86. The normalized spacial score (nSPS) is 11.7. The average Bonchev–Trinajstić information content (AvgIpc) is 2.87. The Morgan fingerprint density at radius 2 is 1.25 bits per heavy atom. The molecule has 2 heteroatoms. The predicted molar refractivity (Wildman–Crippen MR) is 133 cm³/mol. The Balaban J connectivity index is 1.69. The van der Waals surface area contributed by atoms with Crippen molar-refractivity contribution in [2.24, 2.45) is 0 Å². The van der Waals surface area contributed by atoms with Gasteiger partial charge in [-0.1, -0.05) is 86.6 Å². The third-order valence-electron chi connectivity index (χ3n) is 5.99. The van der Waals surface area contributed by atoms with Crippen LogP contribution < -0.4 is 9.47 Å². The van der Waals surface area contributed by atoms with Crippen LogP contribution in [0, 0.1) is 0 Å². The zero-order valence-corrected chi connectivity index (χ0v) is 19.0. The summed E-state index contributed by atoms with van der Waals surface area (Å²) >= 11 is 0. The smallest absolute Gasteiger partial charge is 0.134 e. The van der Waals surface area contributed by atoms with E-state index >= 15 is 0 Å². The summed E-state index contributed by atoms with van der Waals surface area (Å²) in [4.78, 5) is 0. The van der Waals surface area contributed by atoms with E-state index in [0.29, 0.717) is 12.5 Å². The highest BCUT2D eigenvalue weighted by Crippen LogP contribution is 2.40. The lowest BCUT2D eigenvalue weighted by molar-refractivity contribution is 0.306. The number of hydrogen-bond acceptors (Lipinski definition) is 2. The van der Waals surface area contributed by atoms with Gasteiger partial charge in [0.15, 0.2) is 0 Å². The van der Waals surface area contributed by atoms with Gasteiger partial charge in [0.1, 0.15) is 18.1 Å². The molecule has 4 aromatic carbocycles. The fourth-order valence-electron chi connectivity index (χ4n) is 3.95. The van der Waals surface area contributed by atoms with Crippen LogP contribution in [0.4, 0.5) is 0 Å². The molecule has 0 aliphatic rings. The van der Waals surface area contributed by atoms with Crippen molar-refractivity contribution in [2.75, 3.05) is 7.11 Å². The van der Waals surface area contributed by atoms with Gasteiger partial charge >= 0.3 is 0 Å². The van der Waals surface area contributed by atoms with Crippen LogP contribution in [0.25, 0.3) is 22.3 Å². The molecule has 0 bridgehead atoms. The van der Waals surface area contributed by atoms with Crippen LogP contribution in [0.5, 0.6) is 11.5 Å². The van der Waals surface area contributed by atoms with Crippen molar-refractivity contribution in [3.63, 3.8) is 0 Å². The maximum atomic E-state index is 6.17. The summed E-state index contributed by atoms with van der Waals surface area (Å²) in [6.45, 7) is 4.96. The van der Waals surface area contributed by atoms with E-state index in [1.165, 1.54) is 5.56 Å². The zero-order chi connectivity index (χ0) is 22.3. The summed E-state index contributed by atoms with van der Waals surface area (Å²) < 4.78 is 12.1. The first-order valence-corrected chi connectivity index (χ1v) is 11.2. The lowest BCUT2D eigenvalue weighted by Gasteiger charge is -2.17. The quantitative estimate of drug-likeness (QED) is 0.285. The molecule has 0 spiro atoms. The van der Waals surface area contributed by atoms with Crippen molar-refractivity contribution >= 4 is 0 Å². The SMILES string of the molecule is CCC(C)c1ccc(OCc2cc(-c3ccccc3)c(OC)c(-c3ccccc3)c2)cc1. The molecule has 0 saturated heterocycles. The molecule has 1 atom stereocenters. The molecule has 2 nitrogen and oxygen atoms in total. The molecule has 162 valence electrons. The predicted octanol–water partition coefficient (Wildman–Crippen LogP) is 8.12. The maximum Gasteiger partial charge on any atom is 0.134 e. The van der Waals surface area contributed by atoms with Gasteiger partial charge in [-0.05, 0) is 58.9 Å². The molecule has 0 aliphatic carbocycles. The largest absolute Gasteiger partial charge is 0.495 e. The second-order valence-electron chi connectivity index (χ2n) is 8.12. The number of benzene rings is 4. The fourth-order valence-corrected chi connectivity index (χ4v) is 3.95. The van der Waals surface area contributed by atoms with E-state index in [1.54, 1.807) is 7.11 Å². The lowest BCUT2D eigenvalue weighted by Crippen LogP contribution is -2.00. The number of ether oxygens (including phenoxy) is 2. The summed E-state index contributed by atoms with van der Waals surface area (Å²) in [5.41, 5.74) is 6.85. The Morgan fingerprint density at radius 3 is 1.72 bits per heavy atom. The molecule has 0 aromatic heterocycles. The molecule has 1 unspecified atom stereocenters. The summed E-state index contributed by atoms with van der Waals surface area (Å²) in [6.07, 6.45) is 1.14. The van der Waals surface area contributed by atoms with E-state index in [2.05, 4.69) is 98.8 Å². The Labute approximate surface area is 191 Å². The topological polar surface area (TPSA) is 18.5 Å². The molecule has 0 aliphatic heterocycles. The minimum atomic E-state index is 0.492. The van der Waals surface area contributed by atoms with Gasteiger partial charge in [-0.15, -0.1) is 0 Å². The van der Waals surface area contributed by atoms with Crippen LogP contribution in [0.3, 0.4) is 0 Å². The highest BCUT2D eigenvalue weighted by atomic mass is 16.5. The monoisotopic (exact) mass is 422 g/mol. The van der Waals surface area contributed by atoms with Crippen molar-refractivity contribution < 1.29 is 9.47 Å². The molecule has 0 heterocycles. The number of hydrogen-bond donors (Lipinski definition) is 0. The average molecular weight is 423 g/mol. The van der Waals surface area contributed by atoms with E-state index in [0.717, 1.165) is 45.7 Å². The first kappa shape index (κ1) is 21.7. The van der Waals surface area contributed by atoms with Gasteiger partial charge in [-0.25, -0.2) is 0 Å². The second kappa shape index (κ2) is 10.2. The van der Waals surface area contributed by atoms with E-state index < -0.39 is 0 Å². The minimum Gasteiger partial charge on any atom is -0.495 e. The van der Waals surface area contributed by atoms with Gasteiger partial charge in [0.2, 0.25) is 0 Å². The van der Waals surface area contributed by atoms with Crippen LogP contribution in [-0.4, -0.2) is 7.11 Å². The third-order valence-corrected chi connectivity index (χ3v) is 5.99. The van der Waals surface area contributed by atoms with Crippen molar-refractivity contribution in [3.05, 3.63) is 108 Å². The van der Waals surface area contributed by atoms with Crippen LogP contribution in [0.15, 0.2) is 97.1 Å². The Morgan fingerprint density at radius 1 is 0.719 bits per heavy atom. The summed E-state index contributed by atoms with van der Waals surface area (Å²) in [5.74, 6) is 2.33. The molecule has 4 aromatic rings. The van der Waals surface area contributed by atoms with E-state index in [-0.39, 0.29) is 0 Å². The van der Waals surface area contributed by atoms with E-state index in [4.69, 9.17) is 9.47 Å². The van der Waals surface area contributed by atoms with Crippen molar-refractivity contribution in [3.8, 4) is 33.8 Å². The number of rotatable bonds is 8. The zero-order valence-electron chi connectivity index (χ0n) is 19.0. The van der Waals surface area contributed by atoms with Crippen molar-refractivity contribution in [1.82, 2.24) is 0 Å². The van der Waals surface area contributed by atoms with Gasteiger partial charge < -0.3 is 9.47 Å². The summed E-state index contributed by atoms with van der Waals surface area (Å²) in [5, 5.41) is 0. The van der Waals surface area contributed by atoms with Crippen molar-refractivity contribution in [2.45, 2.75) is 32.8 Å². The standard InChI is InChI=1S/C30H30O2/c1-4-22(2)24-15-17-27(18-16-24)32-21-23-19-28(25-11-7-5-8-12-25)30(31-3)29(20-23)26-13-9-6-10-14-26/h5-20,22H,4,21H2,1-3H3. The van der Waals surface area contributed by atoms with Gasteiger partial charge in [-0.2, -0.15) is 0 Å². The van der Waals surface area contributed by atoms with Gasteiger partial charge in [0, 0.05) is 11.1 Å². The minimum absolute atomic E-state index is 0.492. The highest BCUT2D eigenvalue weighted by molar-refractivity contribution is 5.83. The van der Waals surface area contributed by atoms with Crippen LogP contribution in [-0.2, 0) is 6.61 Å². The molecule has 4 rings (SSSR count). The Bertz CT molecular complexity index is 1070. The van der Waals surface area contributed by atoms with Gasteiger partial charge in [0.05, 0.1) is 7.11 Å². The van der Waals surface area contributed by atoms with Crippen molar-refractivity contribution in [1.29, 1.82) is 0 Å². The first-order chi connectivity index (χ1) is 15.7. The molecular formula is C30H30O2. The van der Waals surface area contributed by atoms with E-state index in [9.17, 15) is 0 Å². The second-order valence-corrected chi connectivity index (χ2v) is 8.12. The number of methoxy groups -OCH3 is 1. The molecule has 0 saturated carbocycles. The van der Waals surface area contributed by atoms with E-state index in [1.807, 2.05) is 12.1 Å². The van der Waals surface area contributed by atoms with Crippen LogP contribution in [0.2, 0.25) is 0 Å². The van der Waals surface area contributed by atoms with Crippen LogP contribution in [0.1, 0.15) is 37.3 Å². The fraction of sp³-hybridized carbons (Fsp3) is 0.200. The maximum absolute atomic E-state index is 6.17. The molecule has 0 radical (unpaired) electrons. The molecule has 32 heavy (non-hydrogen) atoms.